The van der Waals surface area contributed by atoms with Crippen molar-refractivity contribution in [1.82, 2.24) is 19.8 Å². The molecule has 3 heterocycles. The predicted octanol–water partition coefficient (Wildman–Crippen LogP) is 1.04. The molecule has 0 aromatic carbocycles. The molecule has 2 N–H and O–H groups in total. The van der Waals surface area contributed by atoms with Crippen LogP contribution in [0.5, 0.6) is 0 Å². The van der Waals surface area contributed by atoms with E-state index in [2.05, 4.69) is 19.8 Å². The van der Waals surface area contributed by atoms with Gasteiger partial charge in [-0.3, -0.25) is 9.80 Å². The van der Waals surface area contributed by atoms with E-state index in [0.29, 0.717) is 5.82 Å². The summed E-state index contributed by atoms with van der Waals surface area (Å²) in [7, 11) is 0. The van der Waals surface area contributed by atoms with Crippen LogP contribution in [0.3, 0.4) is 0 Å². The van der Waals surface area contributed by atoms with Crippen LogP contribution in [-0.4, -0.2) is 52.0 Å². The van der Waals surface area contributed by atoms with Crippen LogP contribution in [-0.2, 0) is 6.54 Å². The Labute approximate surface area is 114 Å². The molecule has 3 rings (SSSR count). The number of nitrogen functional groups attached to an aromatic ring is 1. The van der Waals surface area contributed by atoms with Crippen LogP contribution in [0.2, 0.25) is 0 Å². The molecule has 2 fully saturated rings. The molecule has 0 radical (unpaired) electrons. The summed E-state index contributed by atoms with van der Waals surface area (Å²) in [4.78, 5) is 13.9. The van der Waals surface area contributed by atoms with Gasteiger partial charge in [-0.25, -0.2) is 9.97 Å². The molecule has 0 aliphatic carbocycles. The third-order valence-corrected chi connectivity index (χ3v) is 4.21. The highest BCUT2D eigenvalue weighted by molar-refractivity contribution is 5.29. The monoisotopic (exact) mass is 261 g/mol. The average Bonchev–Trinajstić information content (AvgIpc) is 2.37. The van der Waals surface area contributed by atoms with E-state index in [0.717, 1.165) is 37.2 Å². The van der Waals surface area contributed by atoms with Crippen LogP contribution in [0, 0.1) is 6.92 Å². The molecular formula is C14H23N5. The van der Waals surface area contributed by atoms with Crippen molar-refractivity contribution in [2.45, 2.75) is 38.8 Å². The van der Waals surface area contributed by atoms with Gasteiger partial charge in [0, 0.05) is 37.4 Å². The highest BCUT2D eigenvalue weighted by Crippen LogP contribution is 2.21. The zero-order valence-corrected chi connectivity index (χ0v) is 11.7. The third kappa shape index (κ3) is 3.04. The molecule has 2 aliphatic heterocycles. The van der Waals surface area contributed by atoms with Crippen molar-refractivity contribution < 1.29 is 0 Å². The maximum absolute atomic E-state index is 5.79. The Kier molecular flexibility index (Phi) is 3.66. The summed E-state index contributed by atoms with van der Waals surface area (Å²) in [6.45, 7) is 7.54. The molecule has 2 saturated heterocycles. The number of fused-ring (bicyclic) bond motifs is 1. The van der Waals surface area contributed by atoms with Gasteiger partial charge in [-0.15, -0.1) is 0 Å². The normalized spacial score (nSPS) is 25.2. The van der Waals surface area contributed by atoms with E-state index in [4.69, 9.17) is 5.73 Å². The number of aryl methyl sites for hydroxylation is 1. The van der Waals surface area contributed by atoms with Gasteiger partial charge < -0.3 is 5.73 Å². The molecule has 19 heavy (non-hydrogen) atoms. The lowest BCUT2D eigenvalue weighted by Crippen LogP contribution is -2.54. The number of hydrogen-bond acceptors (Lipinski definition) is 5. The summed E-state index contributed by atoms with van der Waals surface area (Å²) < 4.78 is 0. The number of aromatic nitrogens is 2. The van der Waals surface area contributed by atoms with Crippen molar-refractivity contribution in [3.8, 4) is 0 Å². The Bertz CT molecular complexity index is 427. The zero-order valence-electron chi connectivity index (χ0n) is 11.7. The summed E-state index contributed by atoms with van der Waals surface area (Å²) in [5.74, 6) is 1.44. The number of rotatable bonds is 2. The quantitative estimate of drug-likeness (QED) is 0.862. The van der Waals surface area contributed by atoms with Gasteiger partial charge in [-0.2, -0.15) is 0 Å². The van der Waals surface area contributed by atoms with Gasteiger partial charge in [-0.05, 0) is 26.3 Å². The number of hydrogen-bond donors (Lipinski definition) is 1. The first kappa shape index (κ1) is 12.8. The summed E-state index contributed by atoms with van der Waals surface area (Å²) in [5, 5.41) is 0. The van der Waals surface area contributed by atoms with Gasteiger partial charge in [0.2, 0.25) is 0 Å². The van der Waals surface area contributed by atoms with E-state index in [9.17, 15) is 0 Å². The van der Waals surface area contributed by atoms with E-state index in [-0.39, 0.29) is 0 Å². The van der Waals surface area contributed by atoms with E-state index in [1.54, 1.807) is 0 Å². The SMILES string of the molecule is Cc1cc(N)nc(CN2CCN3CCCCC3C2)n1. The van der Waals surface area contributed by atoms with Crippen molar-refractivity contribution in [2.75, 3.05) is 31.9 Å². The van der Waals surface area contributed by atoms with E-state index in [1.807, 2.05) is 13.0 Å². The number of nitrogens with zero attached hydrogens (tertiary/aromatic N) is 4. The Morgan fingerprint density at radius 3 is 3.00 bits per heavy atom. The Morgan fingerprint density at radius 2 is 2.16 bits per heavy atom. The minimum Gasteiger partial charge on any atom is -0.384 e. The van der Waals surface area contributed by atoms with Crippen LogP contribution in [0.25, 0.3) is 0 Å². The average molecular weight is 261 g/mol. The number of nitrogens with two attached hydrogens (primary N) is 1. The first-order valence-electron chi connectivity index (χ1n) is 7.27. The molecule has 0 saturated carbocycles. The second-order valence-electron chi connectivity index (χ2n) is 5.77. The van der Waals surface area contributed by atoms with Crippen molar-refractivity contribution in [2.24, 2.45) is 0 Å². The molecule has 5 heteroatoms. The molecule has 1 aromatic rings. The number of piperazine rings is 1. The maximum atomic E-state index is 5.79. The lowest BCUT2D eigenvalue weighted by molar-refractivity contribution is 0.0445. The Morgan fingerprint density at radius 1 is 1.26 bits per heavy atom. The van der Waals surface area contributed by atoms with Crippen molar-refractivity contribution in [3.63, 3.8) is 0 Å². The summed E-state index contributed by atoms with van der Waals surface area (Å²) in [6, 6.07) is 2.56. The topological polar surface area (TPSA) is 58.3 Å². The van der Waals surface area contributed by atoms with E-state index in [1.165, 1.54) is 32.4 Å². The molecule has 1 atom stereocenters. The lowest BCUT2D eigenvalue weighted by Gasteiger charge is -2.43. The van der Waals surface area contributed by atoms with Gasteiger partial charge in [-0.1, -0.05) is 6.42 Å². The smallest absolute Gasteiger partial charge is 0.144 e. The minimum atomic E-state index is 0.582. The first-order valence-corrected chi connectivity index (χ1v) is 7.27. The second kappa shape index (κ2) is 5.43. The fraction of sp³-hybridized carbons (Fsp3) is 0.714. The van der Waals surface area contributed by atoms with Gasteiger partial charge in [0.25, 0.3) is 0 Å². The second-order valence-corrected chi connectivity index (χ2v) is 5.77. The van der Waals surface area contributed by atoms with Gasteiger partial charge >= 0.3 is 0 Å². The predicted molar refractivity (Wildman–Crippen MR) is 75.7 cm³/mol. The maximum Gasteiger partial charge on any atom is 0.144 e. The van der Waals surface area contributed by atoms with Crippen LogP contribution in [0.1, 0.15) is 30.8 Å². The molecule has 2 aliphatic rings. The lowest BCUT2D eigenvalue weighted by atomic mass is 9.99. The molecule has 104 valence electrons. The van der Waals surface area contributed by atoms with E-state index >= 15 is 0 Å². The molecule has 0 amide bonds. The molecule has 1 aromatic heterocycles. The molecular weight excluding hydrogens is 238 g/mol. The largest absolute Gasteiger partial charge is 0.384 e. The fourth-order valence-electron chi connectivity index (χ4n) is 3.29. The Balaban J connectivity index is 1.64. The van der Waals surface area contributed by atoms with Crippen LogP contribution < -0.4 is 5.73 Å². The molecule has 1 unspecified atom stereocenters. The molecule has 0 bridgehead atoms. The molecule has 5 nitrogen and oxygen atoms in total. The number of piperidine rings is 1. The van der Waals surface area contributed by atoms with E-state index < -0.39 is 0 Å². The zero-order chi connectivity index (χ0) is 13.2. The third-order valence-electron chi connectivity index (χ3n) is 4.21. The summed E-state index contributed by atoms with van der Waals surface area (Å²) >= 11 is 0. The summed E-state index contributed by atoms with van der Waals surface area (Å²) in [5.41, 5.74) is 6.75. The van der Waals surface area contributed by atoms with Gasteiger partial charge in [0.1, 0.15) is 11.6 Å². The van der Waals surface area contributed by atoms with Crippen LogP contribution in [0.4, 0.5) is 5.82 Å². The number of anilines is 1. The first-order chi connectivity index (χ1) is 9.20. The van der Waals surface area contributed by atoms with Gasteiger partial charge in [0.05, 0.1) is 6.54 Å². The summed E-state index contributed by atoms with van der Waals surface area (Å²) in [6.07, 6.45) is 4.09. The van der Waals surface area contributed by atoms with Crippen LogP contribution in [0.15, 0.2) is 6.07 Å². The highest BCUT2D eigenvalue weighted by atomic mass is 15.3. The highest BCUT2D eigenvalue weighted by Gasteiger charge is 2.28. The standard InChI is InChI=1S/C14H23N5/c1-11-8-13(15)17-14(16-11)10-18-6-7-19-5-3-2-4-12(19)9-18/h8,12H,2-7,9-10H2,1H3,(H2,15,16,17). The van der Waals surface area contributed by atoms with Crippen molar-refractivity contribution in [3.05, 3.63) is 17.6 Å². The Hall–Kier alpha value is -1.20. The van der Waals surface area contributed by atoms with Crippen LogP contribution >= 0.6 is 0 Å². The molecule has 0 spiro atoms. The van der Waals surface area contributed by atoms with Crippen molar-refractivity contribution in [1.29, 1.82) is 0 Å². The van der Waals surface area contributed by atoms with Crippen molar-refractivity contribution >= 4 is 5.82 Å². The fourth-order valence-corrected chi connectivity index (χ4v) is 3.29. The van der Waals surface area contributed by atoms with Gasteiger partial charge in [0.15, 0.2) is 0 Å². The minimum absolute atomic E-state index is 0.582.